The summed E-state index contributed by atoms with van der Waals surface area (Å²) in [5, 5.41) is 26.7. The number of aryl methyl sites for hydroxylation is 2. The molecule has 0 saturated carbocycles. The molecule has 58 heavy (non-hydrogen) atoms. The lowest BCUT2D eigenvalue weighted by Gasteiger charge is -2.15. The maximum atomic E-state index is 11.2. The largest absolute Gasteiger partial charge is 0.507 e. The molecule has 2 heteroatoms. The van der Waals surface area contributed by atoms with Crippen molar-refractivity contribution in [3.05, 3.63) is 71.8 Å². The van der Waals surface area contributed by atoms with Crippen LogP contribution in [0.1, 0.15) is 230 Å². The first-order chi connectivity index (χ1) is 28.6. The number of benzene rings is 4. The van der Waals surface area contributed by atoms with Crippen LogP contribution in [0.15, 0.2) is 60.7 Å². The lowest BCUT2D eigenvalue weighted by atomic mass is 9.90. The van der Waals surface area contributed by atoms with Gasteiger partial charge in [0.15, 0.2) is 0 Å². The lowest BCUT2D eigenvalue weighted by Crippen LogP contribution is -1.91. The van der Waals surface area contributed by atoms with Crippen LogP contribution < -0.4 is 0 Å². The minimum atomic E-state index is 0.220. The van der Waals surface area contributed by atoms with Crippen molar-refractivity contribution in [2.24, 2.45) is 0 Å². The quantitative estimate of drug-likeness (QED) is 0.0456. The van der Waals surface area contributed by atoms with E-state index in [4.69, 9.17) is 0 Å². The number of rotatable bonds is 35. The second-order valence-electron chi connectivity index (χ2n) is 18.1. The molecule has 0 unspecified atom stereocenters. The highest BCUT2D eigenvalue weighted by Gasteiger charge is 2.17. The maximum absolute atomic E-state index is 11.2. The Bertz CT molecular complexity index is 1530. The van der Waals surface area contributed by atoms with Crippen LogP contribution in [0.25, 0.3) is 32.7 Å². The number of phenols is 2. The summed E-state index contributed by atoms with van der Waals surface area (Å²) in [6, 6.07) is 21.0. The summed E-state index contributed by atoms with van der Waals surface area (Å²) in [4.78, 5) is 0. The molecule has 0 aliphatic heterocycles. The molecule has 0 radical (unpaired) electrons. The number of unbranched alkanes of at least 4 members (excludes halogenated alkanes) is 30. The minimum Gasteiger partial charge on any atom is -0.507 e. The zero-order valence-corrected chi connectivity index (χ0v) is 37.7. The molecule has 4 aromatic rings. The predicted molar refractivity (Wildman–Crippen MR) is 257 cm³/mol. The zero-order chi connectivity index (χ0) is 40.9. The van der Waals surface area contributed by atoms with Gasteiger partial charge in [-0.1, -0.05) is 255 Å². The topological polar surface area (TPSA) is 40.5 Å². The molecule has 2 nitrogen and oxygen atoms in total. The van der Waals surface area contributed by atoms with Crippen LogP contribution in [-0.4, -0.2) is 10.2 Å². The van der Waals surface area contributed by atoms with Gasteiger partial charge in [-0.05, 0) is 70.5 Å². The maximum Gasteiger partial charge on any atom is 0.124 e. The molecular formula is C56H86O2. The smallest absolute Gasteiger partial charge is 0.124 e. The number of aromatic hydroxyl groups is 2. The molecule has 0 aliphatic rings. The molecular weight excluding hydrogens is 705 g/mol. The third-order valence-corrected chi connectivity index (χ3v) is 13.0. The normalized spacial score (nSPS) is 11.7. The highest BCUT2D eigenvalue weighted by atomic mass is 16.3. The fourth-order valence-electron chi connectivity index (χ4n) is 9.33. The van der Waals surface area contributed by atoms with Gasteiger partial charge >= 0.3 is 0 Å². The van der Waals surface area contributed by atoms with E-state index < -0.39 is 0 Å². The fourth-order valence-corrected chi connectivity index (χ4v) is 9.33. The molecule has 322 valence electrons. The Morgan fingerprint density at radius 3 is 0.828 bits per heavy atom. The summed E-state index contributed by atoms with van der Waals surface area (Å²) in [6.07, 6.45) is 46.7. The Morgan fingerprint density at radius 1 is 0.293 bits per heavy atom. The number of phenolic OH excluding ortho intramolecular Hbond substituents is 2. The van der Waals surface area contributed by atoms with Crippen LogP contribution in [0.2, 0.25) is 0 Å². The summed E-state index contributed by atoms with van der Waals surface area (Å²) in [5.41, 5.74) is 4.19. The number of fused-ring (bicyclic) bond motifs is 2. The van der Waals surface area contributed by atoms with Crippen LogP contribution in [0.5, 0.6) is 11.5 Å². The Hall–Kier alpha value is -3.00. The van der Waals surface area contributed by atoms with E-state index >= 15 is 0 Å². The van der Waals surface area contributed by atoms with Crippen molar-refractivity contribution in [3.63, 3.8) is 0 Å². The van der Waals surface area contributed by atoms with Crippen molar-refractivity contribution in [3.8, 4) is 22.6 Å². The van der Waals surface area contributed by atoms with Crippen LogP contribution >= 0.6 is 0 Å². The van der Waals surface area contributed by atoms with Gasteiger partial charge in [-0.15, -0.1) is 0 Å². The Labute approximate surface area is 357 Å². The van der Waals surface area contributed by atoms with Gasteiger partial charge in [-0.2, -0.15) is 0 Å². The van der Waals surface area contributed by atoms with Crippen molar-refractivity contribution in [1.82, 2.24) is 0 Å². The summed E-state index contributed by atoms with van der Waals surface area (Å²) < 4.78 is 0. The molecule has 0 spiro atoms. The summed E-state index contributed by atoms with van der Waals surface area (Å²) in [5.74, 6) is 0.441. The second-order valence-corrected chi connectivity index (χ2v) is 18.1. The third kappa shape index (κ3) is 18.1. The van der Waals surface area contributed by atoms with Gasteiger partial charge in [0.05, 0.1) is 0 Å². The summed E-state index contributed by atoms with van der Waals surface area (Å²) >= 11 is 0. The first-order valence-corrected chi connectivity index (χ1v) is 25.1. The van der Waals surface area contributed by atoms with Crippen molar-refractivity contribution < 1.29 is 10.2 Å². The molecule has 0 amide bonds. The van der Waals surface area contributed by atoms with Gasteiger partial charge in [-0.25, -0.2) is 0 Å². The van der Waals surface area contributed by atoms with Gasteiger partial charge in [0.25, 0.3) is 0 Å². The molecule has 0 aliphatic carbocycles. The molecule has 0 bridgehead atoms. The zero-order valence-electron chi connectivity index (χ0n) is 37.7. The van der Waals surface area contributed by atoms with E-state index in [0.717, 1.165) is 45.5 Å². The first-order valence-electron chi connectivity index (χ1n) is 25.1. The van der Waals surface area contributed by atoms with Crippen LogP contribution in [0.4, 0.5) is 0 Å². The fraction of sp³-hybridized carbons (Fsp3) is 0.643. The highest BCUT2D eigenvalue weighted by molar-refractivity contribution is 6.09. The van der Waals surface area contributed by atoms with E-state index in [2.05, 4.69) is 50.2 Å². The van der Waals surface area contributed by atoms with E-state index in [-0.39, 0.29) is 11.5 Å². The van der Waals surface area contributed by atoms with Crippen LogP contribution in [-0.2, 0) is 12.8 Å². The molecule has 2 N–H and O–H groups in total. The van der Waals surface area contributed by atoms with Crippen LogP contribution in [0, 0.1) is 0 Å². The van der Waals surface area contributed by atoms with Crippen molar-refractivity contribution in [2.75, 3.05) is 0 Å². The standard InChI is InChI=1S/C56H86O2/c1-3-5-7-9-11-13-15-17-19-21-23-25-27-29-31-33-35-47-37-41-51-49(45-47)39-43-53(57)55(51)56-52-42-38-48(46-50(52)40-44-54(56)58)36-34-32-30-28-26-24-22-20-18-16-14-12-10-8-6-4-2/h37-46,57-58H,3-36H2,1-2H3. The Kier molecular flexibility index (Phi) is 24.7. The third-order valence-electron chi connectivity index (χ3n) is 13.0. The van der Waals surface area contributed by atoms with Crippen molar-refractivity contribution in [2.45, 2.75) is 232 Å². The van der Waals surface area contributed by atoms with Gasteiger partial charge < -0.3 is 10.2 Å². The summed E-state index contributed by atoms with van der Waals surface area (Å²) in [7, 11) is 0. The lowest BCUT2D eigenvalue weighted by molar-refractivity contribution is 0.470. The Balaban J connectivity index is 1.15. The average molecular weight is 791 g/mol. The molecule has 4 rings (SSSR count). The second kappa shape index (κ2) is 30.1. The molecule has 4 aromatic carbocycles. The molecule has 0 heterocycles. The Morgan fingerprint density at radius 2 is 0.552 bits per heavy atom. The van der Waals surface area contributed by atoms with E-state index in [0.29, 0.717) is 0 Å². The van der Waals surface area contributed by atoms with Gasteiger partial charge in [0.1, 0.15) is 11.5 Å². The molecule has 0 aromatic heterocycles. The van der Waals surface area contributed by atoms with Crippen molar-refractivity contribution in [1.29, 1.82) is 0 Å². The van der Waals surface area contributed by atoms with E-state index in [9.17, 15) is 10.2 Å². The predicted octanol–water partition coefficient (Wildman–Crippen LogP) is 18.7. The monoisotopic (exact) mass is 791 g/mol. The molecule has 0 fully saturated rings. The first kappa shape index (κ1) is 47.7. The van der Waals surface area contributed by atoms with Gasteiger partial charge in [0, 0.05) is 11.1 Å². The highest BCUT2D eigenvalue weighted by Crippen LogP contribution is 2.45. The van der Waals surface area contributed by atoms with E-state index in [1.807, 2.05) is 12.1 Å². The van der Waals surface area contributed by atoms with Crippen LogP contribution in [0.3, 0.4) is 0 Å². The van der Waals surface area contributed by atoms with E-state index in [1.54, 1.807) is 12.1 Å². The SMILES string of the molecule is CCCCCCCCCCCCCCCCCCc1ccc2c(-c3c(O)ccc4cc(CCCCCCCCCCCCCCCCCC)ccc34)c(O)ccc2c1. The summed E-state index contributed by atoms with van der Waals surface area (Å²) in [6.45, 7) is 4.59. The number of hydrogen-bond acceptors (Lipinski definition) is 2. The molecule has 0 saturated heterocycles. The van der Waals surface area contributed by atoms with E-state index in [1.165, 1.54) is 217 Å². The average Bonchev–Trinajstić information content (AvgIpc) is 3.23. The van der Waals surface area contributed by atoms with Gasteiger partial charge in [-0.3, -0.25) is 0 Å². The molecule has 0 atom stereocenters. The minimum absolute atomic E-state index is 0.220. The van der Waals surface area contributed by atoms with Gasteiger partial charge in [0.2, 0.25) is 0 Å². The number of hydrogen-bond donors (Lipinski definition) is 2. The van der Waals surface area contributed by atoms with Crippen molar-refractivity contribution >= 4 is 21.5 Å².